The highest BCUT2D eigenvalue weighted by Crippen LogP contribution is 2.42. The summed E-state index contributed by atoms with van der Waals surface area (Å²) in [5.74, 6) is 1.10. The van der Waals surface area contributed by atoms with Crippen LogP contribution in [0.25, 0.3) is 11.1 Å². The Bertz CT molecular complexity index is 1560. The molecule has 8 nitrogen and oxygen atoms in total. The van der Waals surface area contributed by atoms with Crippen molar-refractivity contribution in [3.05, 3.63) is 101 Å². The molecule has 3 aliphatic heterocycles. The minimum atomic E-state index is 0.134. The second-order valence-electron chi connectivity index (χ2n) is 10.9. The van der Waals surface area contributed by atoms with E-state index in [4.69, 9.17) is 4.98 Å². The molecule has 0 unspecified atom stereocenters. The Morgan fingerprint density at radius 2 is 1.80 bits per heavy atom. The summed E-state index contributed by atoms with van der Waals surface area (Å²) in [6, 6.07) is 16.1. The molecular formula is C31H30IN7O. The van der Waals surface area contributed by atoms with Gasteiger partial charge >= 0.3 is 0 Å². The average molecular weight is 644 g/mol. The number of pyridine rings is 1. The molecule has 0 bridgehead atoms. The molecule has 2 saturated heterocycles. The maximum atomic E-state index is 12.8. The number of hydrogen-bond donors (Lipinski definition) is 0. The fourth-order valence-corrected chi connectivity index (χ4v) is 6.78. The number of halogens is 1. The molecule has 0 radical (unpaired) electrons. The number of hydrogen-bond acceptors (Lipinski definition) is 6. The van der Waals surface area contributed by atoms with Crippen molar-refractivity contribution in [3.8, 4) is 6.07 Å². The van der Waals surface area contributed by atoms with Gasteiger partial charge in [0.25, 0.3) is 5.91 Å². The average Bonchev–Trinajstić information content (AvgIpc) is 3.41. The van der Waals surface area contributed by atoms with Crippen molar-refractivity contribution in [2.24, 2.45) is 12.5 Å². The Morgan fingerprint density at radius 3 is 2.42 bits per heavy atom. The number of amides is 1. The lowest BCUT2D eigenvalue weighted by molar-refractivity contribution is -0.00791. The van der Waals surface area contributed by atoms with Crippen LogP contribution in [-0.2, 0) is 7.05 Å². The summed E-state index contributed by atoms with van der Waals surface area (Å²) in [6.45, 7) is 5.37. The maximum absolute atomic E-state index is 12.8. The van der Waals surface area contributed by atoms with Crippen LogP contribution in [0.4, 0.5) is 5.82 Å². The first-order chi connectivity index (χ1) is 19.4. The molecule has 202 valence electrons. The summed E-state index contributed by atoms with van der Waals surface area (Å²) >= 11 is 2.24. The summed E-state index contributed by atoms with van der Waals surface area (Å²) in [5, 5.41) is 14.0. The van der Waals surface area contributed by atoms with E-state index in [0.717, 1.165) is 78.4 Å². The molecule has 0 atom stereocenters. The van der Waals surface area contributed by atoms with Gasteiger partial charge in [-0.05, 0) is 50.1 Å². The van der Waals surface area contributed by atoms with Gasteiger partial charge in [-0.2, -0.15) is 10.4 Å². The topological polar surface area (TPSA) is 81.3 Å². The molecule has 1 amide bonds. The predicted octanol–water partition coefficient (Wildman–Crippen LogP) is 5.45. The molecule has 1 spiro atoms. The van der Waals surface area contributed by atoms with E-state index >= 15 is 0 Å². The number of piperidine rings is 1. The van der Waals surface area contributed by atoms with Crippen molar-refractivity contribution in [1.29, 1.82) is 5.26 Å². The molecule has 0 saturated carbocycles. The van der Waals surface area contributed by atoms with E-state index in [1.54, 1.807) is 4.68 Å². The number of rotatable bonds is 4. The van der Waals surface area contributed by atoms with Gasteiger partial charge in [-0.1, -0.05) is 18.2 Å². The Kier molecular flexibility index (Phi) is 6.96. The molecule has 1 aromatic carbocycles. The number of carbonyl (C=O) groups excluding carboxylic acids is 1. The van der Waals surface area contributed by atoms with Crippen molar-refractivity contribution in [2.45, 2.75) is 19.8 Å². The lowest BCUT2D eigenvalue weighted by Gasteiger charge is -2.54. The number of allylic oxidation sites excluding steroid dienone is 4. The van der Waals surface area contributed by atoms with Crippen LogP contribution < -0.4 is 4.90 Å². The zero-order valence-corrected chi connectivity index (χ0v) is 24.7. The van der Waals surface area contributed by atoms with Crippen molar-refractivity contribution in [3.63, 3.8) is 0 Å². The highest BCUT2D eigenvalue weighted by atomic mass is 127. The number of anilines is 1. The van der Waals surface area contributed by atoms with E-state index in [-0.39, 0.29) is 11.3 Å². The molecule has 2 aromatic heterocycles. The highest BCUT2D eigenvalue weighted by molar-refractivity contribution is 14.1. The first-order valence-corrected chi connectivity index (χ1v) is 14.4. The van der Waals surface area contributed by atoms with Crippen molar-refractivity contribution < 1.29 is 4.79 Å². The second-order valence-corrected chi connectivity index (χ2v) is 11.9. The molecule has 40 heavy (non-hydrogen) atoms. The smallest absolute Gasteiger partial charge is 0.253 e. The Balaban J connectivity index is 1.15. The molecule has 9 heteroatoms. The predicted molar refractivity (Wildman–Crippen MR) is 164 cm³/mol. The van der Waals surface area contributed by atoms with Gasteiger partial charge in [-0.25, -0.2) is 4.98 Å². The second kappa shape index (κ2) is 10.6. The Morgan fingerprint density at radius 1 is 1.05 bits per heavy atom. The molecular weight excluding hydrogens is 613 g/mol. The van der Waals surface area contributed by atoms with Gasteiger partial charge in [-0.15, -0.1) is 0 Å². The molecule has 3 aliphatic rings. The zero-order chi connectivity index (χ0) is 27.9. The normalized spacial score (nSPS) is 19.5. The number of benzene rings is 1. The molecule has 0 aliphatic carbocycles. The number of nitrogens with zero attached hydrogens (tertiary/aromatic N) is 7. The van der Waals surface area contributed by atoms with Crippen LogP contribution in [0.3, 0.4) is 0 Å². The van der Waals surface area contributed by atoms with Gasteiger partial charge < -0.3 is 9.80 Å². The van der Waals surface area contributed by atoms with E-state index < -0.39 is 0 Å². The lowest BCUT2D eigenvalue weighted by atomic mass is 9.71. The molecule has 3 aromatic rings. The van der Waals surface area contributed by atoms with Crippen LogP contribution in [0.2, 0.25) is 0 Å². The van der Waals surface area contributed by atoms with E-state index in [1.807, 2.05) is 77.1 Å². The van der Waals surface area contributed by atoms with Gasteiger partial charge in [0, 0.05) is 85.1 Å². The molecule has 0 N–H and O–H groups in total. The summed E-state index contributed by atoms with van der Waals surface area (Å²) in [6.07, 6.45) is 12.0. The van der Waals surface area contributed by atoms with Gasteiger partial charge in [0.2, 0.25) is 0 Å². The van der Waals surface area contributed by atoms with Crippen molar-refractivity contribution >= 4 is 45.7 Å². The third-order valence-corrected chi connectivity index (χ3v) is 8.91. The number of nitriles is 1. The van der Waals surface area contributed by atoms with Crippen molar-refractivity contribution in [2.75, 3.05) is 31.1 Å². The number of aromatic nitrogens is 3. The minimum absolute atomic E-state index is 0.134. The largest absolute Gasteiger partial charge is 0.357 e. The number of likely N-dealkylation sites (tertiary alicyclic amines) is 1. The molecule has 6 rings (SSSR count). The summed E-state index contributed by atoms with van der Waals surface area (Å²) < 4.78 is 3.77. The van der Waals surface area contributed by atoms with Crippen LogP contribution in [0, 0.1) is 16.7 Å². The summed E-state index contributed by atoms with van der Waals surface area (Å²) in [5.41, 5.74) is 6.47. The van der Waals surface area contributed by atoms with Crippen LogP contribution in [0.15, 0.2) is 84.6 Å². The van der Waals surface area contributed by atoms with Gasteiger partial charge in [-0.3, -0.25) is 12.6 Å². The quantitative estimate of drug-likeness (QED) is 0.214. The monoisotopic (exact) mass is 643 g/mol. The van der Waals surface area contributed by atoms with Crippen LogP contribution in [0.5, 0.6) is 0 Å². The van der Waals surface area contributed by atoms with E-state index in [0.29, 0.717) is 5.57 Å². The highest BCUT2D eigenvalue weighted by Gasteiger charge is 2.46. The molecule has 2 fully saturated rings. The lowest BCUT2D eigenvalue weighted by Crippen LogP contribution is -2.62. The third-order valence-electron chi connectivity index (χ3n) is 8.15. The third kappa shape index (κ3) is 4.92. The number of carbonyl (C=O) groups is 1. The van der Waals surface area contributed by atoms with Gasteiger partial charge in [0.1, 0.15) is 5.82 Å². The zero-order valence-electron chi connectivity index (χ0n) is 22.6. The molecule has 5 heterocycles. The fraction of sp³-hybridized carbons (Fsp3) is 0.290. The van der Waals surface area contributed by atoms with E-state index in [1.165, 1.54) is 0 Å². The minimum Gasteiger partial charge on any atom is -0.357 e. The Hall–Kier alpha value is -3.91. The number of aryl methyl sites for hydroxylation is 1. The first kappa shape index (κ1) is 26.3. The standard InChI is InChI=1S/C31H30IN7O/c1-22(15-33)29-27(14-25(19-39(29)32)26-17-35-36(2)18-26)24-8-9-28(34-16-24)37-12-10-31(11-13-37)20-38(21-31)30(40)23-6-4-3-5-7-23/h3-9,14,16-19H,10-13,20-21H2,1-2H3/b29-22+. The van der Waals surface area contributed by atoms with E-state index in [9.17, 15) is 10.1 Å². The summed E-state index contributed by atoms with van der Waals surface area (Å²) in [4.78, 5) is 22.0. The summed E-state index contributed by atoms with van der Waals surface area (Å²) in [7, 11) is 1.90. The van der Waals surface area contributed by atoms with E-state index in [2.05, 4.69) is 57.1 Å². The van der Waals surface area contributed by atoms with Gasteiger partial charge in [0.05, 0.1) is 46.4 Å². The van der Waals surface area contributed by atoms with Crippen molar-refractivity contribution in [1.82, 2.24) is 22.8 Å². The maximum Gasteiger partial charge on any atom is 0.253 e. The first-order valence-electron chi connectivity index (χ1n) is 13.4. The fourth-order valence-electron chi connectivity index (χ4n) is 5.86. The van der Waals surface area contributed by atoms with Gasteiger partial charge in [0.15, 0.2) is 0 Å². The van der Waals surface area contributed by atoms with Crippen LogP contribution in [-0.4, -0.2) is 54.9 Å². The van der Waals surface area contributed by atoms with Crippen LogP contribution >= 0.6 is 22.9 Å². The van der Waals surface area contributed by atoms with Crippen LogP contribution in [0.1, 0.15) is 41.3 Å². The Labute approximate surface area is 248 Å². The SMILES string of the molecule is C/C(C#N)=C1/C(c2ccc(N3CCC4(CC3)CN(C(=O)c3ccccc3)C4)nc2)=CC(c2cnn(C)c2)=CN1I.